The molecule has 0 saturated heterocycles. The van der Waals surface area contributed by atoms with Gasteiger partial charge in [0.05, 0.1) is 19.5 Å². The zero-order chi connectivity index (χ0) is 24.2. The summed E-state index contributed by atoms with van der Waals surface area (Å²) >= 11 is 1.07. The van der Waals surface area contributed by atoms with E-state index in [1.807, 2.05) is 0 Å². The van der Waals surface area contributed by atoms with Crippen molar-refractivity contribution in [2.24, 2.45) is 0 Å². The van der Waals surface area contributed by atoms with Crippen molar-refractivity contribution in [1.29, 1.82) is 0 Å². The second-order valence-electron chi connectivity index (χ2n) is 7.33. The van der Waals surface area contributed by atoms with Gasteiger partial charge in [-0.25, -0.2) is 0 Å². The van der Waals surface area contributed by atoms with Crippen LogP contribution in [0.5, 0.6) is 11.5 Å². The number of methoxy groups -OCH3 is 1. The number of benzene rings is 2. The fourth-order valence-electron chi connectivity index (χ4n) is 2.90. The third-order valence-electron chi connectivity index (χ3n) is 4.77. The smallest absolute Gasteiger partial charge is 0.277 e. The van der Waals surface area contributed by atoms with E-state index >= 15 is 0 Å². The molecule has 2 amide bonds. The highest BCUT2D eigenvalue weighted by molar-refractivity contribution is 7.99. The van der Waals surface area contributed by atoms with Gasteiger partial charge in [0, 0.05) is 11.1 Å². The Morgan fingerprint density at radius 2 is 1.68 bits per heavy atom. The van der Waals surface area contributed by atoms with Crippen molar-refractivity contribution < 1.29 is 23.5 Å². The minimum atomic E-state index is -0.424. The number of hydrogen-bond acceptors (Lipinski definition) is 8. The van der Waals surface area contributed by atoms with Gasteiger partial charge in [-0.2, -0.15) is 0 Å². The normalized spacial score (nSPS) is 10.5. The predicted molar refractivity (Wildman–Crippen MR) is 129 cm³/mol. The largest absolute Gasteiger partial charge is 0.497 e. The average molecular weight is 485 g/mol. The third kappa shape index (κ3) is 7.80. The molecule has 0 radical (unpaired) electrons. The predicted octanol–water partition coefficient (Wildman–Crippen LogP) is 4.26. The van der Waals surface area contributed by atoms with Crippen LogP contribution >= 0.6 is 11.8 Å². The molecular weight excluding hydrogens is 456 g/mol. The molecule has 9 nitrogen and oxygen atoms in total. The molecule has 3 rings (SSSR count). The molecule has 3 aromatic rings. The van der Waals surface area contributed by atoms with E-state index in [1.165, 1.54) is 12.8 Å². The number of ether oxygens (including phenoxy) is 2. The molecule has 180 valence electrons. The van der Waals surface area contributed by atoms with E-state index in [-0.39, 0.29) is 11.0 Å². The number of carbonyl (C=O) groups excluding carboxylic acids is 2. The molecule has 0 spiro atoms. The van der Waals surface area contributed by atoms with Crippen molar-refractivity contribution in [2.45, 2.75) is 37.8 Å². The lowest BCUT2D eigenvalue weighted by Crippen LogP contribution is -2.42. The van der Waals surface area contributed by atoms with Gasteiger partial charge in [0.2, 0.25) is 11.8 Å². The first kappa shape index (κ1) is 25.1. The second-order valence-corrected chi connectivity index (χ2v) is 8.25. The highest BCUT2D eigenvalue weighted by Gasteiger charge is 2.12. The van der Waals surface area contributed by atoms with Crippen LogP contribution in [0.3, 0.4) is 0 Å². The molecule has 1 heterocycles. The number of nitrogens with one attached hydrogen (secondary N) is 2. The van der Waals surface area contributed by atoms with E-state index in [1.54, 1.807) is 55.6 Å². The van der Waals surface area contributed by atoms with E-state index in [0.29, 0.717) is 23.8 Å². The fraction of sp³-hybridized carbons (Fsp3) is 0.333. The van der Waals surface area contributed by atoms with Crippen LogP contribution in [0.4, 0.5) is 0 Å². The summed E-state index contributed by atoms with van der Waals surface area (Å²) in [6.07, 6.45) is 4.53. The number of aromatic nitrogens is 2. The summed E-state index contributed by atoms with van der Waals surface area (Å²) in [6.45, 7) is 2.82. The lowest BCUT2D eigenvalue weighted by molar-refractivity contribution is -0.119. The minimum absolute atomic E-state index is 0.00463. The number of carbonyl (C=O) groups is 2. The van der Waals surface area contributed by atoms with Gasteiger partial charge in [0.1, 0.15) is 11.5 Å². The van der Waals surface area contributed by atoms with E-state index in [9.17, 15) is 9.59 Å². The lowest BCUT2D eigenvalue weighted by Gasteiger charge is -2.08. The van der Waals surface area contributed by atoms with Crippen molar-refractivity contribution in [3.63, 3.8) is 0 Å². The van der Waals surface area contributed by atoms with Crippen molar-refractivity contribution >= 4 is 23.6 Å². The summed E-state index contributed by atoms with van der Waals surface area (Å²) in [6, 6.07) is 14.0. The third-order valence-corrected chi connectivity index (χ3v) is 5.59. The topological polar surface area (TPSA) is 116 Å². The van der Waals surface area contributed by atoms with Crippen LogP contribution in [-0.4, -0.2) is 41.5 Å². The van der Waals surface area contributed by atoms with Crippen molar-refractivity contribution in [3.05, 3.63) is 54.1 Å². The Morgan fingerprint density at radius 3 is 2.38 bits per heavy atom. The van der Waals surface area contributed by atoms with Gasteiger partial charge in [0.25, 0.3) is 11.1 Å². The van der Waals surface area contributed by atoms with Crippen LogP contribution in [0.15, 0.2) is 58.2 Å². The van der Waals surface area contributed by atoms with Gasteiger partial charge in [0.15, 0.2) is 0 Å². The zero-order valence-corrected chi connectivity index (χ0v) is 20.0. The molecule has 0 aliphatic rings. The molecule has 0 aliphatic heterocycles. The number of hydrogen-bond donors (Lipinski definition) is 2. The maximum Gasteiger partial charge on any atom is 0.277 e. The molecule has 0 atom stereocenters. The minimum Gasteiger partial charge on any atom is -0.497 e. The lowest BCUT2D eigenvalue weighted by atomic mass is 10.2. The number of unbranched alkanes of at least 4 members (excludes halogenated alkanes) is 3. The summed E-state index contributed by atoms with van der Waals surface area (Å²) < 4.78 is 16.4. The summed E-state index contributed by atoms with van der Waals surface area (Å²) in [4.78, 5) is 24.3. The monoisotopic (exact) mass is 484 g/mol. The van der Waals surface area contributed by atoms with E-state index in [0.717, 1.165) is 35.9 Å². The molecule has 2 N–H and O–H groups in total. The summed E-state index contributed by atoms with van der Waals surface area (Å²) in [7, 11) is 1.59. The van der Waals surface area contributed by atoms with Crippen LogP contribution in [0, 0.1) is 0 Å². The number of thioether (sulfide) groups is 1. The van der Waals surface area contributed by atoms with Crippen molar-refractivity contribution in [1.82, 2.24) is 21.0 Å². The summed E-state index contributed by atoms with van der Waals surface area (Å²) in [5, 5.41) is 8.16. The average Bonchev–Trinajstić information content (AvgIpc) is 3.35. The van der Waals surface area contributed by atoms with E-state index < -0.39 is 11.8 Å². The van der Waals surface area contributed by atoms with Gasteiger partial charge in [-0.15, -0.1) is 10.2 Å². The molecule has 0 fully saturated rings. The van der Waals surface area contributed by atoms with Gasteiger partial charge in [-0.1, -0.05) is 37.9 Å². The van der Waals surface area contributed by atoms with Crippen LogP contribution < -0.4 is 20.3 Å². The maximum atomic E-state index is 12.2. The van der Waals surface area contributed by atoms with Gasteiger partial charge in [-0.05, 0) is 55.0 Å². The Morgan fingerprint density at radius 1 is 0.941 bits per heavy atom. The quantitative estimate of drug-likeness (QED) is 0.223. The highest BCUT2D eigenvalue weighted by atomic mass is 32.2. The highest BCUT2D eigenvalue weighted by Crippen LogP contribution is 2.24. The number of rotatable bonds is 12. The Balaban J connectivity index is 1.38. The Kier molecular flexibility index (Phi) is 9.78. The molecule has 10 heteroatoms. The van der Waals surface area contributed by atoms with Gasteiger partial charge < -0.3 is 13.9 Å². The summed E-state index contributed by atoms with van der Waals surface area (Å²) in [5.41, 5.74) is 5.92. The number of nitrogens with zero attached hydrogens (tertiary/aromatic N) is 2. The fourth-order valence-corrected chi connectivity index (χ4v) is 3.46. The molecule has 0 saturated carbocycles. The van der Waals surface area contributed by atoms with Crippen LogP contribution in [-0.2, 0) is 4.79 Å². The first-order valence-corrected chi connectivity index (χ1v) is 12.0. The van der Waals surface area contributed by atoms with E-state index in [4.69, 9.17) is 13.9 Å². The number of hydrazine groups is 1. The van der Waals surface area contributed by atoms with Crippen molar-refractivity contribution in [2.75, 3.05) is 19.5 Å². The van der Waals surface area contributed by atoms with Gasteiger partial charge in [-0.3, -0.25) is 20.4 Å². The molecular formula is C24H28N4O5S. The van der Waals surface area contributed by atoms with E-state index in [2.05, 4.69) is 28.0 Å². The standard InChI is InChI=1S/C24H28N4O5S/c1-3-4-5-6-15-32-20-13-7-17(8-14-20)22(30)26-25-21(29)16-34-24-28-27-23(33-24)18-9-11-19(31-2)12-10-18/h7-14H,3-6,15-16H2,1-2H3,(H,25,29)(H,26,30). The molecule has 0 aliphatic carbocycles. The number of amides is 2. The summed E-state index contributed by atoms with van der Waals surface area (Å²) in [5.74, 6) is 0.935. The Labute approximate surface area is 202 Å². The molecule has 1 aromatic heterocycles. The van der Waals surface area contributed by atoms with Crippen LogP contribution in [0.2, 0.25) is 0 Å². The Bertz CT molecular complexity index is 1050. The zero-order valence-electron chi connectivity index (χ0n) is 19.2. The molecule has 0 bridgehead atoms. The maximum absolute atomic E-state index is 12.2. The molecule has 2 aromatic carbocycles. The van der Waals surface area contributed by atoms with Crippen molar-refractivity contribution in [3.8, 4) is 23.0 Å². The molecule has 0 unspecified atom stereocenters. The second kappa shape index (κ2) is 13.2. The SMILES string of the molecule is CCCCCCOc1ccc(C(=O)NNC(=O)CSc2nnc(-c3ccc(OC)cc3)o2)cc1. The molecule has 34 heavy (non-hydrogen) atoms. The van der Waals surface area contributed by atoms with Crippen LogP contribution in [0.1, 0.15) is 43.0 Å². The first-order valence-electron chi connectivity index (χ1n) is 11.0. The van der Waals surface area contributed by atoms with Gasteiger partial charge >= 0.3 is 0 Å². The van der Waals surface area contributed by atoms with Crippen LogP contribution in [0.25, 0.3) is 11.5 Å². The Hall–Kier alpha value is -3.53. The first-order chi connectivity index (χ1) is 16.6.